The number of thiophene rings is 1. The van der Waals surface area contributed by atoms with Crippen LogP contribution in [0.5, 0.6) is 0 Å². The first-order chi connectivity index (χ1) is 6.58. The van der Waals surface area contributed by atoms with E-state index in [-0.39, 0.29) is 5.78 Å². The van der Waals surface area contributed by atoms with Gasteiger partial charge in [0.1, 0.15) is 0 Å². The molecule has 0 aromatic carbocycles. The SMILES string of the molecule is CC1Cc2cc(Br)sc2C(=O)CN1C. The van der Waals surface area contributed by atoms with E-state index in [9.17, 15) is 4.79 Å². The van der Waals surface area contributed by atoms with E-state index in [0.717, 1.165) is 15.1 Å². The van der Waals surface area contributed by atoms with Crippen LogP contribution >= 0.6 is 27.3 Å². The van der Waals surface area contributed by atoms with Gasteiger partial charge in [0.15, 0.2) is 5.78 Å². The quantitative estimate of drug-likeness (QED) is 0.724. The van der Waals surface area contributed by atoms with Crippen molar-refractivity contribution in [3.05, 3.63) is 20.3 Å². The van der Waals surface area contributed by atoms with Crippen molar-refractivity contribution in [3.63, 3.8) is 0 Å². The molecular weight excluding hydrogens is 262 g/mol. The van der Waals surface area contributed by atoms with Gasteiger partial charge in [-0.1, -0.05) is 0 Å². The molecule has 1 aromatic heterocycles. The highest BCUT2D eigenvalue weighted by molar-refractivity contribution is 9.11. The fraction of sp³-hybridized carbons (Fsp3) is 0.500. The average Bonchev–Trinajstić information content (AvgIpc) is 2.42. The Labute approximate surface area is 96.0 Å². The second kappa shape index (κ2) is 3.76. The molecule has 1 atom stereocenters. The molecule has 0 N–H and O–H groups in total. The molecule has 0 fully saturated rings. The van der Waals surface area contributed by atoms with Crippen LogP contribution in [0.25, 0.3) is 0 Å². The lowest BCUT2D eigenvalue weighted by Crippen LogP contribution is -2.32. The van der Waals surface area contributed by atoms with Crippen LogP contribution in [0.2, 0.25) is 0 Å². The largest absolute Gasteiger partial charge is 0.296 e. The lowest BCUT2D eigenvalue weighted by molar-refractivity contribution is 0.0939. The molecule has 0 spiro atoms. The molecular formula is C10H12BrNOS. The summed E-state index contributed by atoms with van der Waals surface area (Å²) in [5, 5.41) is 0. The number of rotatable bonds is 0. The molecule has 1 aliphatic heterocycles. The number of carbonyl (C=O) groups excluding carboxylic acids is 1. The predicted octanol–water partition coefficient (Wildman–Crippen LogP) is 2.57. The van der Waals surface area contributed by atoms with Gasteiger partial charge in [-0.3, -0.25) is 9.69 Å². The molecule has 4 heteroatoms. The summed E-state index contributed by atoms with van der Waals surface area (Å²) in [6, 6.07) is 2.52. The van der Waals surface area contributed by atoms with Gasteiger partial charge in [-0.2, -0.15) is 0 Å². The van der Waals surface area contributed by atoms with Crippen molar-refractivity contribution in [1.82, 2.24) is 4.90 Å². The van der Waals surface area contributed by atoms with Crippen LogP contribution in [-0.4, -0.2) is 30.3 Å². The maximum atomic E-state index is 11.8. The molecule has 1 aromatic rings. The van der Waals surface area contributed by atoms with Gasteiger partial charge in [0.05, 0.1) is 15.2 Å². The van der Waals surface area contributed by atoms with Gasteiger partial charge in [-0.05, 0) is 48.0 Å². The first-order valence-electron chi connectivity index (χ1n) is 4.59. The van der Waals surface area contributed by atoms with Crippen molar-refractivity contribution in [1.29, 1.82) is 0 Å². The zero-order valence-corrected chi connectivity index (χ0v) is 10.6. The highest BCUT2D eigenvalue weighted by atomic mass is 79.9. The maximum absolute atomic E-state index is 11.8. The monoisotopic (exact) mass is 273 g/mol. The molecule has 0 bridgehead atoms. The summed E-state index contributed by atoms with van der Waals surface area (Å²) in [6.07, 6.45) is 0.972. The first-order valence-corrected chi connectivity index (χ1v) is 6.20. The third-order valence-corrected chi connectivity index (χ3v) is 4.41. The van der Waals surface area contributed by atoms with Crippen molar-refractivity contribution in [2.45, 2.75) is 19.4 Å². The minimum atomic E-state index is 0.252. The first kappa shape index (κ1) is 10.3. The van der Waals surface area contributed by atoms with Crippen LogP contribution in [0.15, 0.2) is 9.85 Å². The lowest BCUT2D eigenvalue weighted by atomic mass is 10.1. The summed E-state index contributed by atoms with van der Waals surface area (Å²) in [7, 11) is 2.01. The molecule has 2 rings (SSSR count). The molecule has 1 unspecified atom stereocenters. The maximum Gasteiger partial charge on any atom is 0.187 e. The topological polar surface area (TPSA) is 20.3 Å². The van der Waals surface area contributed by atoms with Crippen molar-refractivity contribution >= 4 is 33.0 Å². The van der Waals surface area contributed by atoms with Crippen molar-refractivity contribution < 1.29 is 4.79 Å². The fourth-order valence-corrected chi connectivity index (χ4v) is 3.32. The predicted molar refractivity (Wildman–Crippen MR) is 62.1 cm³/mol. The van der Waals surface area contributed by atoms with Crippen LogP contribution in [0.3, 0.4) is 0 Å². The summed E-state index contributed by atoms with van der Waals surface area (Å²) in [4.78, 5) is 14.9. The van der Waals surface area contributed by atoms with Crippen molar-refractivity contribution in [2.75, 3.05) is 13.6 Å². The Balaban J connectivity index is 2.41. The third kappa shape index (κ3) is 1.78. The highest BCUT2D eigenvalue weighted by Gasteiger charge is 2.24. The normalized spacial score (nSPS) is 23.4. The van der Waals surface area contributed by atoms with Crippen molar-refractivity contribution in [3.8, 4) is 0 Å². The Kier molecular flexibility index (Phi) is 2.77. The number of nitrogens with zero attached hydrogens (tertiary/aromatic N) is 1. The van der Waals surface area contributed by atoms with Gasteiger partial charge in [0.25, 0.3) is 0 Å². The van der Waals surface area contributed by atoms with Gasteiger partial charge in [0, 0.05) is 6.04 Å². The van der Waals surface area contributed by atoms with E-state index in [4.69, 9.17) is 0 Å². The molecule has 2 nitrogen and oxygen atoms in total. The molecule has 0 saturated heterocycles. The van der Waals surface area contributed by atoms with E-state index in [2.05, 4.69) is 33.8 Å². The van der Waals surface area contributed by atoms with Crippen LogP contribution in [-0.2, 0) is 6.42 Å². The third-order valence-electron chi connectivity index (χ3n) is 2.69. The Morgan fingerprint density at radius 1 is 1.64 bits per heavy atom. The molecule has 1 aliphatic rings. The Morgan fingerprint density at radius 2 is 2.36 bits per heavy atom. The summed E-state index contributed by atoms with van der Waals surface area (Å²) in [5.41, 5.74) is 1.20. The summed E-state index contributed by atoms with van der Waals surface area (Å²) >= 11 is 4.99. The van der Waals surface area contributed by atoms with E-state index in [1.165, 1.54) is 5.56 Å². The molecule has 14 heavy (non-hydrogen) atoms. The summed E-state index contributed by atoms with van der Waals surface area (Å²) < 4.78 is 1.06. The molecule has 0 amide bonds. The summed E-state index contributed by atoms with van der Waals surface area (Å²) in [5.74, 6) is 0.252. The van der Waals surface area contributed by atoms with Gasteiger partial charge in [-0.25, -0.2) is 0 Å². The highest BCUT2D eigenvalue weighted by Crippen LogP contribution is 2.30. The van der Waals surface area contributed by atoms with Gasteiger partial charge in [0.2, 0.25) is 0 Å². The van der Waals surface area contributed by atoms with Gasteiger partial charge < -0.3 is 0 Å². The van der Waals surface area contributed by atoms with Crippen molar-refractivity contribution in [2.24, 2.45) is 0 Å². The molecule has 0 radical (unpaired) electrons. The Morgan fingerprint density at radius 3 is 3.07 bits per heavy atom. The van der Waals surface area contributed by atoms with Crippen LogP contribution in [0.4, 0.5) is 0 Å². The number of likely N-dealkylation sites (N-methyl/N-ethyl adjacent to an activating group) is 1. The second-order valence-corrected chi connectivity index (χ2v) is 6.23. The van der Waals surface area contributed by atoms with Crippen LogP contribution in [0.1, 0.15) is 22.2 Å². The van der Waals surface area contributed by atoms with Crippen LogP contribution in [0, 0.1) is 0 Å². The number of fused-ring (bicyclic) bond motifs is 1. The molecule has 2 heterocycles. The smallest absolute Gasteiger partial charge is 0.187 e. The zero-order valence-electron chi connectivity index (χ0n) is 8.21. The Hall–Kier alpha value is -0.190. The number of hydrogen-bond donors (Lipinski definition) is 0. The summed E-state index contributed by atoms with van der Waals surface area (Å²) in [6.45, 7) is 2.70. The minimum Gasteiger partial charge on any atom is -0.296 e. The second-order valence-electron chi connectivity index (χ2n) is 3.80. The standard InChI is InChI=1S/C10H12BrNOS/c1-6-3-7-4-9(11)14-10(7)8(13)5-12(6)2/h4,6H,3,5H2,1-2H3. The number of Topliss-reactive ketones (excluding diaryl/α,β-unsaturated/α-hetero) is 1. The number of ketones is 1. The molecule has 0 aliphatic carbocycles. The van der Waals surface area contributed by atoms with E-state index in [1.54, 1.807) is 11.3 Å². The van der Waals surface area contributed by atoms with E-state index in [0.29, 0.717) is 12.6 Å². The lowest BCUT2D eigenvalue weighted by Gasteiger charge is -2.20. The Bertz CT molecular complexity index is 374. The van der Waals surface area contributed by atoms with E-state index in [1.807, 2.05) is 7.05 Å². The molecule has 76 valence electrons. The van der Waals surface area contributed by atoms with Crippen LogP contribution < -0.4 is 0 Å². The van der Waals surface area contributed by atoms with Gasteiger partial charge in [-0.15, -0.1) is 11.3 Å². The van der Waals surface area contributed by atoms with E-state index < -0.39 is 0 Å². The molecule has 0 saturated carbocycles. The minimum absolute atomic E-state index is 0.252. The average molecular weight is 274 g/mol. The fourth-order valence-electron chi connectivity index (χ4n) is 1.71. The number of carbonyl (C=O) groups is 1. The zero-order chi connectivity index (χ0) is 10.3. The van der Waals surface area contributed by atoms with E-state index >= 15 is 0 Å². The van der Waals surface area contributed by atoms with Gasteiger partial charge >= 0.3 is 0 Å². The number of halogens is 1. The number of hydrogen-bond acceptors (Lipinski definition) is 3.